The summed E-state index contributed by atoms with van der Waals surface area (Å²) < 4.78 is 16.9. The van der Waals surface area contributed by atoms with E-state index in [2.05, 4.69) is 5.32 Å². The summed E-state index contributed by atoms with van der Waals surface area (Å²) in [5, 5.41) is 2.95. The van der Waals surface area contributed by atoms with Crippen molar-refractivity contribution in [2.75, 3.05) is 32.1 Å². The number of rotatable bonds is 4. The SMILES string of the molecule is COc1ccccc1Oc1ccc(NC(=O)N2CCC3(CCO3)CC2)cc1. The second-order valence-electron chi connectivity index (χ2n) is 6.98. The van der Waals surface area contributed by atoms with E-state index >= 15 is 0 Å². The Labute approximate surface area is 159 Å². The van der Waals surface area contributed by atoms with Gasteiger partial charge in [0.2, 0.25) is 0 Å². The topological polar surface area (TPSA) is 60.0 Å². The number of amides is 2. The molecule has 1 N–H and O–H groups in total. The first kappa shape index (κ1) is 17.7. The summed E-state index contributed by atoms with van der Waals surface area (Å²) >= 11 is 0. The van der Waals surface area contributed by atoms with Crippen LogP contribution in [0.3, 0.4) is 0 Å². The van der Waals surface area contributed by atoms with Crippen LogP contribution in [0.5, 0.6) is 17.2 Å². The lowest BCUT2D eigenvalue weighted by Crippen LogP contribution is -2.54. The molecule has 2 amide bonds. The monoisotopic (exact) mass is 368 g/mol. The molecular formula is C21H24N2O4. The third-order valence-electron chi connectivity index (χ3n) is 5.33. The van der Waals surface area contributed by atoms with Crippen molar-refractivity contribution in [3.05, 3.63) is 48.5 Å². The normalized spacial score (nSPS) is 17.9. The van der Waals surface area contributed by atoms with Crippen LogP contribution in [0.1, 0.15) is 19.3 Å². The number of likely N-dealkylation sites (tertiary alicyclic amines) is 1. The molecular weight excluding hydrogens is 344 g/mol. The van der Waals surface area contributed by atoms with Gasteiger partial charge in [0, 0.05) is 18.8 Å². The number of piperidine rings is 1. The molecule has 1 spiro atoms. The number of hydrogen-bond acceptors (Lipinski definition) is 4. The van der Waals surface area contributed by atoms with E-state index in [0.717, 1.165) is 44.6 Å². The van der Waals surface area contributed by atoms with E-state index in [1.807, 2.05) is 53.4 Å². The fourth-order valence-electron chi connectivity index (χ4n) is 3.54. The van der Waals surface area contributed by atoms with Gasteiger partial charge in [-0.15, -0.1) is 0 Å². The zero-order valence-electron chi connectivity index (χ0n) is 15.4. The van der Waals surface area contributed by atoms with Crippen LogP contribution >= 0.6 is 0 Å². The highest BCUT2D eigenvalue weighted by atomic mass is 16.5. The van der Waals surface area contributed by atoms with Crippen molar-refractivity contribution in [2.45, 2.75) is 24.9 Å². The van der Waals surface area contributed by atoms with E-state index in [1.54, 1.807) is 7.11 Å². The maximum absolute atomic E-state index is 12.5. The Bertz CT molecular complexity index is 792. The van der Waals surface area contributed by atoms with E-state index in [4.69, 9.17) is 14.2 Å². The number of carbonyl (C=O) groups is 1. The molecule has 2 saturated heterocycles. The van der Waals surface area contributed by atoms with E-state index < -0.39 is 0 Å². The van der Waals surface area contributed by atoms with Gasteiger partial charge in [-0.2, -0.15) is 0 Å². The standard InChI is InChI=1S/C21H24N2O4/c1-25-18-4-2-3-5-19(18)27-17-8-6-16(7-9-17)22-20(24)23-13-10-21(11-14-23)12-15-26-21/h2-9H,10-15H2,1H3,(H,22,24). The fraction of sp³-hybridized carbons (Fsp3) is 0.381. The minimum absolute atomic E-state index is 0.0499. The van der Waals surface area contributed by atoms with Crippen LogP contribution in [0.4, 0.5) is 10.5 Å². The predicted octanol–water partition coefficient (Wildman–Crippen LogP) is 4.27. The summed E-state index contributed by atoms with van der Waals surface area (Å²) in [6, 6.07) is 14.7. The molecule has 6 nitrogen and oxygen atoms in total. The number of nitrogens with one attached hydrogen (secondary N) is 1. The van der Waals surface area contributed by atoms with Gasteiger partial charge in [0.05, 0.1) is 19.3 Å². The molecule has 2 heterocycles. The lowest BCUT2D eigenvalue weighted by atomic mass is 9.84. The van der Waals surface area contributed by atoms with Gasteiger partial charge in [0.1, 0.15) is 5.75 Å². The molecule has 27 heavy (non-hydrogen) atoms. The van der Waals surface area contributed by atoms with Crippen molar-refractivity contribution in [1.29, 1.82) is 0 Å². The third-order valence-corrected chi connectivity index (χ3v) is 5.33. The van der Waals surface area contributed by atoms with Gasteiger partial charge in [-0.3, -0.25) is 0 Å². The second kappa shape index (κ2) is 7.48. The average molecular weight is 368 g/mol. The number of carbonyl (C=O) groups excluding carboxylic acids is 1. The highest BCUT2D eigenvalue weighted by molar-refractivity contribution is 5.89. The number of para-hydroxylation sites is 2. The van der Waals surface area contributed by atoms with Crippen molar-refractivity contribution in [3.8, 4) is 17.2 Å². The number of hydrogen-bond donors (Lipinski definition) is 1. The van der Waals surface area contributed by atoms with Crippen LogP contribution in [0, 0.1) is 0 Å². The highest BCUT2D eigenvalue weighted by Crippen LogP contribution is 2.37. The molecule has 0 aliphatic carbocycles. The van der Waals surface area contributed by atoms with Crippen molar-refractivity contribution in [2.24, 2.45) is 0 Å². The Morgan fingerprint density at radius 1 is 1.04 bits per heavy atom. The largest absolute Gasteiger partial charge is 0.493 e. The van der Waals surface area contributed by atoms with E-state index in [9.17, 15) is 4.79 Å². The molecule has 2 fully saturated rings. The summed E-state index contributed by atoms with van der Waals surface area (Å²) in [5.74, 6) is 2.00. The zero-order valence-corrected chi connectivity index (χ0v) is 15.4. The first-order valence-corrected chi connectivity index (χ1v) is 9.28. The number of ether oxygens (including phenoxy) is 3. The van der Waals surface area contributed by atoms with Crippen LogP contribution in [-0.2, 0) is 4.74 Å². The van der Waals surface area contributed by atoms with Gasteiger partial charge in [-0.05, 0) is 55.7 Å². The molecule has 142 valence electrons. The summed E-state index contributed by atoms with van der Waals surface area (Å²) in [7, 11) is 1.61. The molecule has 0 radical (unpaired) electrons. The number of methoxy groups -OCH3 is 1. The van der Waals surface area contributed by atoms with Gasteiger partial charge in [-0.25, -0.2) is 4.79 Å². The van der Waals surface area contributed by atoms with Gasteiger partial charge in [-0.1, -0.05) is 12.1 Å². The third kappa shape index (κ3) is 3.85. The van der Waals surface area contributed by atoms with Crippen molar-refractivity contribution >= 4 is 11.7 Å². The lowest BCUT2D eigenvalue weighted by Gasteiger charge is -2.47. The highest BCUT2D eigenvalue weighted by Gasteiger charge is 2.41. The first-order chi connectivity index (χ1) is 13.2. The van der Waals surface area contributed by atoms with Crippen LogP contribution in [0.2, 0.25) is 0 Å². The minimum atomic E-state index is -0.0671. The van der Waals surface area contributed by atoms with Crippen molar-refractivity contribution in [3.63, 3.8) is 0 Å². The Kier molecular flexibility index (Phi) is 4.90. The molecule has 6 heteroatoms. The van der Waals surface area contributed by atoms with Crippen molar-refractivity contribution in [1.82, 2.24) is 4.90 Å². The minimum Gasteiger partial charge on any atom is -0.493 e. The summed E-state index contributed by atoms with van der Waals surface area (Å²) in [4.78, 5) is 14.3. The molecule has 0 bridgehead atoms. The summed E-state index contributed by atoms with van der Waals surface area (Å²) in [6.07, 6.45) is 2.97. The Morgan fingerprint density at radius 3 is 2.30 bits per heavy atom. The number of nitrogens with zero attached hydrogens (tertiary/aromatic N) is 1. The second-order valence-corrected chi connectivity index (χ2v) is 6.98. The van der Waals surface area contributed by atoms with E-state index in [0.29, 0.717) is 17.2 Å². The molecule has 4 rings (SSSR count). The molecule has 2 aliphatic rings. The van der Waals surface area contributed by atoms with Gasteiger partial charge in [0.25, 0.3) is 0 Å². The Morgan fingerprint density at radius 2 is 1.70 bits per heavy atom. The zero-order chi connectivity index (χ0) is 18.7. The molecule has 0 aromatic heterocycles. The number of anilines is 1. The fourth-order valence-corrected chi connectivity index (χ4v) is 3.54. The molecule has 2 aromatic carbocycles. The van der Waals surface area contributed by atoms with Gasteiger partial charge in [0.15, 0.2) is 11.5 Å². The Balaban J connectivity index is 1.33. The molecule has 0 atom stereocenters. The van der Waals surface area contributed by atoms with Crippen molar-refractivity contribution < 1.29 is 19.0 Å². The first-order valence-electron chi connectivity index (χ1n) is 9.28. The Hall–Kier alpha value is -2.73. The predicted molar refractivity (Wildman–Crippen MR) is 103 cm³/mol. The number of benzene rings is 2. The summed E-state index contributed by atoms with van der Waals surface area (Å²) in [5.41, 5.74) is 0.793. The van der Waals surface area contributed by atoms with E-state index in [1.165, 1.54) is 0 Å². The van der Waals surface area contributed by atoms with E-state index in [-0.39, 0.29) is 11.6 Å². The van der Waals surface area contributed by atoms with Gasteiger partial charge >= 0.3 is 6.03 Å². The maximum Gasteiger partial charge on any atom is 0.321 e. The molecule has 2 aliphatic heterocycles. The molecule has 0 saturated carbocycles. The van der Waals surface area contributed by atoms with Crippen LogP contribution in [-0.4, -0.2) is 43.3 Å². The maximum atomic E-state index is 12.5. The average Bonchev–Trinajstić information content (AvgIpc) is 2.69. The van der Waals surface area contributed by atoms with Crippen LogP contribution in [0.15, 0.2) is 48.5 Å². The quantitative estimate of drug-likeness (QED) is 0.875. The molecule has 0 unspecified atom stereocenters. The molecule has 2 aromatic rings. The van der Waals surface area contributed by atoms with Gasteiger partial charge < -0.3 is 24.4 Å². The number of urea groups is 1. The van der Waals surface area contributed by atoms with Crippen LogP contribution in [0.25, 0.3) is 0 Å². The summed E-state index contributed by atoms with van der Waals surface area (Å²) in [6.45, 7) is 2.33. The lowest BCUT2D eigenvalue weighted by molar-refractivity contribution is -0.168. The smallest absolute Gasteiger partial charge is 0.321 e. The van der Waals surface area contributed by atoms with Crippen LogP contribution < -0.4 is 14.8 Å².